The van der Waals surface area contributed by atoms with Gasteiger partial charge in [0, 0.05) is 12.1 Å². The second-order valence-corrected chi connectivity index (χ2v) is 4.74. The van der Waals surface area contributed by atoms with Crippen LogP contribution in [0.3, 0.4) is 0 Å². The van der Waals surface area contributed by atoms with E-state index in [1.54, 1.807) is 0 Å². The Morgan fingerprint density at radius 3 is 2.68 bits per heavy atom. The van der Waals surface area contributed by atoms with Crippen LogP contribution in [0.1, 0.15) is 23.6 Å². The van der Waals surface area contributed by atoms with Gasteiger partial charge < -0.3 is 10.1 Å². The molecule has 0 saturated carbocycles. The van der Waals surface area contributed by atoms with Crippen molar-refractivity contribution in [1.29, 1.82) is 0 Å². The molecular formula is C17H21NO. The molecule has 2 aromatic carbocycles. The molecule has 2 heteroatoms. The molecule has 0 aromatic heterocycles. The lowest BCUT2D eigenvalue weighted by atomic mass is 10.1. The van der Waals surface area contributed by atoms with Crippen molar-refractivity contribution >= 4 is 0 Å². The summed E-state index contributed by atoms with van der Waals surface area (Å²) in [5.74, 6) is 1.83. The van der Waals surface area contributed by atoms with E-state index in [0.717, 1.165) is 24.5 Å². The van der Waals surface area contributed by atoms with Crippen molar-refractivity contribution in [3.63, 3.8) is 0 Å². The summed E-state index contributed by atoms with van der Waals surface area (Å²) in [6, 6.07) is 14.6. The Balaban J connectivity index is 2.26. The Hall–Kier alpha value is -1.80. The van der Waals surface area contributed by atoms with Gasteiger partial charge in [0.1, 0.15) is 11.5 Å². The SMILES string of the molecule is CCc1cccc(Oc2ccc(C)cc2CNC)c1. The monoisotopic (exact) mass is 255 g/mol. The van der Waals surface area contributed by atoms with Crippen LogP contribution in [0.4, 0.5) is 0 Å². The van der Waals surface area contributed by atoms with Crippen molar-refractivity contribution in [3.8, 4) is 11.5 Å². The second-order valence-electron chi connectivity index (χ2n) is 4.74. The largest absolute Gasteiger partial charge is 0.457 e. The maximum atomic E-state index is 6.02. The fraction of sp³-hybridized carbons (Fsp3) is 0.294. The van der Waals surface area contributed by atoms with Gasteiger partial charge in [0.15, 0.2) is 0 Å². The van der Waals surface area contributed by atoms with E-state index in [4.69, 9.17) is 4.74 Å². The molecule has 0 unspecified atom stereocenters. The molecule has 0 spiro atoms. The van der Waals surface area contributed by atoms with Crippen LogP contribution in [-0.2, 0) is 13.0 Å². The zero-order chi connectivity index (χ0) is 13.7. The highest BCUT2D eigenvalue weighted by Crippen LogP contribution is 2.27. The van der Waals surface area contributed by atoms with Crippen LogP contribution in [0.5, 0.6) is 11.5 Å². The lowest BCUT2D eigenvalue weighted by molar-refractivity contribution is 0.473. The maximum Gasteiger partial charge on any atom is 0.131 e. The summed E-state index contributed by atoms with van der Waals surface area (Å²) < 4.78 is 6.02. The minimum absolute atomic E-state index is 0.810. The molecule has 0 aliphatic heterocycles. The second kappa shape index (κ2) is 6.39. The molecule has 2 rings (SSSR count). The van der Waals surface area contributed by atoms with Crippen LogP contribution < -0.4 is 10.1 Å². The molecular weight excluding hydrogens is 234 g/mol. The first-order chi connectivity index (χ1) is 9.22. The van der Waals surface area contributed by atoms with Crippen molar-refractivity contribution in [2.24, 2.45) is 0 Å². The van der Waals surface area contributed by atoms with Crippen molar-refractivity contribution < 1.29 is 4.74 Å². The molecule has 0 saturated heterocycles. The van der Waals surface area contributed by atoms with Gasteiger partial charge in [-0.05, 0) is 44.2 Å². The Morgan fingerprint density at radius 2 is 1.95 bits per heavy atom. The molecule has 0 heterocycles. The molecule has 0 aliphatic rings. The third-order valence-electron chi connectivity index (χ3n) is 3.12. The van der Waals surface area contributed by atoms with Crippen LogP contribution in [0.15, 0.2) is 42.5 Å². The van der Waals surface area contributed by atoms with E-state index in [1.165, 1.54) is 16.7 Å². The number of hydrogen-bond donors (Lipinski definition) is 1. The lowest BCUT2D eigenvalue weighted by Gasteiger charge is -2.12. The number of hydrogen-bond acceptors (Lipinski definition) is 2. The summed E-state index contributed by atoms with van der Waals surface area (Å²) in [5, 5.41) is 3.18. The van der Waals surface area contributed by atoms with Crippen molar-refractivity contribution in [1.82, 2.24) is 5.32 Å². The van der Waals surface area contributed by atoms with Gasteiger partial charge in [-0.3, -0.25) is 0 Å². The highest BCUT2D eigenvalue weighted by atomic mass is 16.5. The van der Waals surface area contributed by atoms with Gasteiger partial charge >= 0.3 is 0 Å². The van der Waals surface area contributed by atoms with E-state index in [1.807, 2.05) is 25.2 Å². The minimum Gasteiger partial charge on any atom is -0.457 e. The third kappa shape index (κ3) is 3.58. The van der Waals surface area contributed by atoms with E-state index in [-0.39, 0.29) is 0 Å². The topological polar surface area (TPSA) is 21.3 Å². The summed E-state index contributed by atoms with van der Waals surface area (Å²) in [6.45, 7) is 5.06. The van der Waals surface area contributed by atoms with Crippen molar-refractivity contribution in [3.05, 3.63) is 59.2 Å². The first-order valence-corrected chi connectivity index (χ1v) is 6.74. The minimum atomic E-state index is 0.810. The van der Waals surface area contributed by atoms with Gasteiger partial charge in [-0.2, -0.15) is 0 Å². The Kier molecular flexibility index (Phi) is 4.58. The molecule has 2 nitrogen and oxygen atoms in total. The van der Waals surface area contributed by atoms with Gasteiger partial charge in [0.05, 0.1) is 0 Å². The molecule has 2 aromatic rings. The fourth-order valence-electron chi connectivity index (χ4n) is 2.09. The van der Waals surface area contributed by atoms with Crippen LogP contribution >= 0.6 is 0 Å². The number of ether oxygens (including phenoxy) is 1. The van der Waals surface area contributed by atoms with Gasteiger partial charge in [-0.1, -0.05) is 36.8 Å². The molecule has 19 heavy (non-hydrogen) atoms. The van der Waals surface area contributed by atoms with E-state index >= 15 is 0 Å². The molecule has 100 valence electrons. The standard InChI is InChI=1S/C17H21NO/c1-4-14-6-5-7-16(11-14)19-17-9-8-13(2)10-15(17)12-18-3/h5-11,18H,4,12H2,1-3H3. The molecule has 1 N–H and O–H groups in total. The van der Waals surface area contributed by atoms with Gasteiger partial charge in [0.25, 0.3) is 0 Å². The van der Waals surface area contributed by atoms with Gasteiger partial charge in [-0.25, -0.2) is 0 Å². The number of nitrogens with one attached hydrogen (secondary N) is 1. The molecule has 0 radical (unpaired) electrons. The quantitative estimate of drug-likeness (QED) is 0.869. The van der Waals surface area contributed by atoms with Crippen LogP contribution in [0, 0.1) is 6.92 Å². The first-order valence-electron chi connectivity index (χ1n) is 6.74. The van der Waals surface area contributed by atoms with Gasteiger partial charge in [-0.15, -0.1) is 0 Å². The number of benzene rings is 2. The highest BCUT2D eigenvalue weighted by molar-refractivity contribution is 5.41. The first kappa shape index (κ1) is 13.6. The molecule has 0 fully saturated rings. The van der Waals surface area contributed by atoms with E-state index < -0.39 is 0 Å². The molecule has 0 aliphatic carbocycles. The van der Waals surface area contributed by atoms with Gasteiger partial charge in [0.2, 0.25) is 0 Å². The lowest BCUT2D eigenvalue weighted by Crippen LogP contribution is -2.06. The van der Waals surface area contributed by atoms with Crippen molar-refractivity contribution in [2.75, 3.05) is 7.05 Å². The predicted octanol–water partition coefficient (Wildman–Crippen LogP) is 4.07. The molecule has 0 bridgehead atoms. The average molecular weight is 255 g/mol. The van der Waals surface area contributed by atoms with Crippen molar-refractivity contribution in [2.45, 2.75) is 26.8 Å². The summed E-state index contributed by atoms with van der Waals surface area (Å²) >= 11 is 0. The smallest absolute Gasteiger partial charge is 0.131 e. The Labute approximate surface area is 115 Å². The zero-order valence-corrected chi connectivity index (χ0v) is 11.9. The predicted molar refractivity (Wildman–Crippen MR) is 79.8 cm³/mol. The fourth-order valence-corrected chi connectivity index (χ4v) is 2.09. The Morgan fingerprint density at radius 1 is 1.11 bits per heavy atom. The molecule has 0 atom stereocenters. The number of aryl methyl sites for hydroxylation is 2. The summed E-state index contributed by atoms with van der Waals surface area (Å²) in [4.78, 5) is 0. The highest BCUT2D eigenvalue weighted by Gasteiger charge is 2.05. The maximum absolute atomic E-state index is 6.02. The summed E-state index contributed by atoms with van der Waals surface area (Å²) in [6.07, 6.45) is 1.02. The van der Waals surface area contributed by atoms with Crippen LogP contribution in [0.25, 0.3) is 0 Å². The van der Waals surface area contributed by atoms with Crippen LogP contribution in [0.2, 0.25) is 0 Å². The average Bonchev–Trinajstić information content (AvgIpc) is 2.42. The van der Waals surface area contributed by atoms with Crippen LogP contribution in [-0.4, -0.2) is 7.05 Å². The third-order valence-corrected chi connectivity index (χ3v) is 3.12. The Bertz CT molecular complexity index is 549. The molecule has 0 amide bonds. The summed E-state index contributed by atoms with van der Waals surface area (Å²) in [7, 11) is 1.95. The summed E-state index contributed by atoms with van der Waals surface area (Å²) in [5.41, 5.74) is 3.73. The van der Waals surface area contributed by atoms with E-state index in [2.05, 4.69) is 43.4 Å². The zero-order valence-electron chi connectivity index (χ0n) is 11.9. The normalized spacial score (nSPS) is 10.5. The van der Waals surface area contributed by atoms with E-state index in [0.29, 0.717) is 0 Å². The number of rotatable bonds is 5. The van der Waals surface area contributed by atoms with E-state index in [9.17, 15) is 0 Å².